The highest BCUT2D eigenvalue weighted by Gasteiger charge is 2.38. The third kappa shape index (κ3) is 6.68. The van der Waals surface area contributed by atoms with E-state index in [9.17, 15) is 13.6 Å². The fourth-order valence-electron chi connectivity index (χ4n) is 3.52. The summed E-state index contributed by atoms with van der Waals surface area (Å²) in [6.45, 7) is 5.77. The van der Waals surface area contributed by atoms with E-state index >= 15 is 0 Å². The Labute approximate surface area is 202 Å². The molecular formula is C24H28F2N4O3S. The van der Waals surface area contributed by atoms with Crippen molar-refractivity contribution in [1.82, 2.24) is 4.98 Å². The summed E-state index contributed by atoms with van der Waals surface area (Å²) in [6, 6.07) is 5.27. The number of amidine groups is 1. The zero-order valence-electron chi connectivity index (χ0n) is 19.4. The summed E-state index contributed by atoms with van der Waals surface area (Å²) in [4.78, 5) is 16.6. The van der Waals surface area contributed by atoms with Gasteiger partial charge in [0.2, 0.25) is 0 Å². The molecule has 0 aliphatic heterocycles. The van der Waals surface area contributed by atoms with Gasteiger partial charge in [-0.1, -0.05) is 31.5 Å². The number of methoxy groups -OCH3 is 1. The number of amides is 1. The van der Waals surface area contributed by atoms with Gasteiger partial charge in [-0.25, -0.2) is 13.8 Å². The van der Waals surface area contributed by atoms with Crippen LogP contribution in [0.25, 0.3) is 0 Å². The maximum absolute atomic E-state index is 14.8. The van der Waals surface area contributed by atoms with E-state index in [2.05, 4.69) is 16.2 Å². The number of aromatic nitrogens is 1. The first-order valence-electron chi connectivity index (χ1n) is 10.4. The lowest BCUT2D eigenvalue weighted by Crippen LogP contribution is -2.39. The van der Waals surface area contributed by atoms with Crippen molar-refractivity contribution in [2.75, 3.05) is 25.6 Å². The molecule has 2 aromatic rings. The number of benzene rings is 1. The summed E-state index contributed by atoms with van der Waals surface area (Å²) < 4.78 is 39.1. The summed E-state index contributed by atoms with van der Waals surface area (Å²) in [5.74, 6) is -0.748. The van der Waals surface area contributed by atoms with Crippen LogP contribution >= 0.6 is 11.8 Å². The number of hydrogen-bond acceptors (Lipinski definition) is 6. The molecule has 0 bridgehead atoms. The van der Waals surface area contributed by atoms with Crippen LogP contribution in [-0.2, 0) is 4.74 Å². The van der Waals surface area contributed by atoms with E-state index in [1.807, 2.05) is 13.8 Å². The maximum Gasteiger partial charge on any atom is 0.274 e. The highest BCUT2D eigenvalue weighted by Crippen LogP contribution is 2.42. The average Bonchev–Trinajstić information content (AvgIpc) is 2.78. The van der Waals surface area contributed by atoms with E-state index in [1.54, 1.807) is 6.92 Å². The van der Waals surface area contributed by atoms with Gasteiger partial charge in [-0.3, -0.25) is 10.2 Å². The van der Waals surface area contributed by atoms with Crippen molar-refractivity contribution in [3.05, 3.63) is 53.4 Å². The number of rotatable bonds is 10. The van der Waals surface area contributed by atoms with Crippen LogP contribution in [0.1, 0.15) is 42.7 Å². The second-order valence-corrected chi connectivity index (χ2v) is 9.55. The Bertz CT molecular complexity index is 1080. The lowest BCUT2D eigenvalue weighted by molar-refractivity contribution is 0.102. The largest absolute Gasteiger partial charge is 0.479 e. The molecule has 0 aliphatic rings. The van der Waals surface area contributed by atoms with Crippen LogP contribution in [0.2, 0.25) is 0 Å². The van der Waals surface area contributed by atoms with Gasteiger partial charge in [0.1, 0.15) is 18.1 Å². The van der Waals surface area contributed by atoms with Crippen molar-refractivity contribution in [1.29, 1.82) is 5.41 Å². The number of terminal acetylenes is 1. The average molecular weight is 491 g/mol. The van der Waals surface area contributed by atoms with Crippen molar-refractivity contribution in [3.63, 3.8) is 0 Å². The Balaban J connectivity index is 2.29. The number of nitrogens with two attached hydrogens (primary N) is 1. The predicted molar refractivity (Wildman–Crippen MR) is 130 cm³/mol. The molecule has 182 valence electrons. The van der Waals surface area contributed by atoms with Gasteiger partial charge in [-0.2, -0.15) is 0 Å². The zero-order valence-corrected chi connectivity index (χ0v) is 20.3. The van der Waals surface area contributed by atoms with Gasteiger partial charge in [0.25, 0.3) is 5.91 Å². The van der Waals surface area contributed by atoms with Crippen molar-refractivity contribution in [3.8, 4) is 18.1 Å². The Kier molecular flexibility index (Phi) is 9.41. The van der Waals surface area contributed by atoms with Crippen LogP contribution in [0.3, 0.4) is 0 Å². The first-order valence-corrected chi connectivity index (χ1v) is 11.2. The molecule has 3 atom stereocenters. The first-order chi connectivity index (χ1) is 16.0. The van der Waals surface area contributed by atoms with E-state index in [4.69, 9.17) is 27.0 Å². The molecule has 34 heavy (non-hydrogen) atoms. The van der Waals surface area contributed by atoms with Crippen LogP contribution in [0, 0.1) is 35.3 Å². The number of carbonyl (C=O) groups excluding carboxylic acids is 1. The summed E-state index contributed by atoms with van der Waals surface area (Å²) >= 11 is 1.11. The number of hydrogen-bond donors (Lipinski definition) is 3. The second-order valence-electron chi connectivity index (χ2n) is 7.98. The second kappa shape index (κ2) is 11.8. The van der Waals surface area contributed by atoms with Crippen molar-refractivity contribution >= 4 is 28.5 Å². The quantitative estimate of drug-likeness (QED) is 0.259. The Morgan fingerprint density at radius 1 is 1.38 bits per heavy atom. The molecule has 0 saturated heterocycles. The Morgan fingerprint density at radius 3 is 2.65 bits per heavy atom. The van der Waals surface area contributed by atoms with Crippen LogP contribution in [0.5, 0.6) is 5.75 Å². The molecule has 10 heteroatoms. The molecule has 1 aromatic carbocycles. The van der Waals surface area contributed by atoms with Crippen LogP contribution in [-0.4, -0.2) is 41.1 Å². The van der Waals surface area contributed by atoms with E-state index in [0.717, 1.165) is 17.8 Å². The van der Waals surface area contributed by atoms with Gasteiger partial charge in [0, 0.05) is 23.6 Å². The summed E-state index contributed by atoms with van der Waals surface area (Å²) in [5.41, 5.74) is 5.82. The van der Waals surface area contributed by atoms with E-state index in [-0.39, 0.29) is 41.2 Å². The number of halogens is 2. The van der Waals surface area contributed by atoms with Gasteiger partial charge >= 0.3 is 0 Å². The van der Waals surface area contributed by atoms with Gasteiger partial charge in [-0.15, -0.1) is 6.42 Å². The number of nitrogens with zero attached hydrogens (tertiary/aromatic N) is 1. The number of anilines is 1. The number of thioether (sulfide) groups is 1. The van der Waals surface area contributed by atoms with Gasteiger partial charge in [0.15, 0.2) is 16.8 Å². The molecule has 4 N–H and O–H groups in total. The molecule has 0 saturated carbocycles. The van der Waals surface area contributed by atoms with Crippen molar-refractivity contribution < 1.29 is 23.0 Å². The molecule has 0 spiro atoms. The van der Waals surface area contributed by atoms with Crippen LogP contribution in [0.15, 0.2) is 30.5 Å². The van der Waals surface area contributed by atoms with Gasteiger partial charge in [0.05, 0.1) is 12.8 Å². The number of carbonyl (C=O) groups is 1. The summed E-state index contributed by atoms with van der Waals surface area (Å²) in [6.07, 6.45) is 6.48. The molecular weight excluding hydrogens is 462 g/mol. The highest BCUT2D eigenvalue weighted by molar-refractivity contribution is 8.14. The number of nitrogens with one attached hydrogen (secondary N) is 2. The third-order valence-electron chi connectivity index (χ3n) is 5.58. The minimum absolute atomic E-state index is 0.0614. The van der Waals surface area contributed by atoms with E-state index in [1.165, 1.54) is 31.5 Å². The molecule has 2 rings (SSSR count). The normalized spacial score (nSPS) is 14.4. The Morgan fingerprint density at radius 2 is 2.09 bits per heavy atom. The fourth-order valence-corrected chi connectivity index (χ4v) is 4.59. The molecule has 0 fully saturated rings. The lowest BCUT2D eigenvalue weighted by Gasteiger charge is -2.37. The number of ether oxygens (including phenoxy) is 2. The van der Waals surface area contributed by atoms with Gasteiger partial charge < -0.3 is 20.5 Å². The van der Waals surface area contributed by atoms with Crippen molar-refractivity contribution in [2.45, 2.75) is 31.4 Å². The topological polar surface area (TPSA) is 110 Å². The highest BCUT2D eigenvalue weighted by atomic mass is 32.2. The smallest absolute Gasteiger partial charge is 0.274 e. The van der Waals surface area contributed by atoms with Crippen LogP contribution < -0.4 is 15.8 Å². The molecule has 1 amide bonds. The standard InChI is InChI=1S/C24H28F2N4O3S/c1-6-9-33-17-7-8-20(29-12-17)22(31)30-16-10-18(21(26)19(25)11-16)14(2)15(3)24(4,13-32-5)34-23(27)28/h1,7-8,10-12,14-15H,9,13H2,2-5H3,(H3,27,28)(H,30,31)/t14-,15+,24-/m1/s1. The zero-order chi connectivity index (χ0) is 25.5. The van der Waals surface area contributed by atoms with Crippen LogP contribution in [0.4, 0.5) is 14.5 Å². The monoisotopic (exact) mass is 490 g/mol. The summed E-state index contributed by atoms with van der Waals surface area (Å²) in [5, 5.41) is 10.1. The number of pyridine rings is 1. The summed E-state index contributed by atoms with van der Waals surface area (Å²) in [7, 11) is 1.52. The Hall–Kier alpha value is -3.16. The molecule has 0 unspecified atom stereocenters. The van der Waals surface area contributed by atoms with E-state index in [0.29, 0.717) is 5.75 Å². The minimum Gasteiger partial charge on any atom is -0.479 e. The third-order valence-corrected chi connectivity index (χ3v) is 6.76. The fraction of sp³-hybridized carbons (Fsp3) is 0.375. The van der Waals surface area contributed by atoms with E-state index < -0.39 is 28.2 Å². The SMILES string of the molecule is C#CCOc1ccc(C(=O)Nc2cc(F)c(F)c([C@H](C)[C@H](C)[C@@](C)(COC)SC(=N)N)c2)nc1. The lowest BCUT2D eigenvalue weighted by atomic mass is 9.80. The first kappa shape index (κ1) is 27.1. The van der Waals surface area contributed by atoms with Crippen molar-refractivity contribution in [2.24, 2.45) is 11.7 Å². The minimum atomic E-state index is -1.09. The molecule has 0 radical (unpaired) electrons. The maximum atomic E-state index is 14.8. The molecule has 1 heterocycles. The molecule has 1 aromatic heterocycles. The predicted octanol–water partition coefficient (Wildman–Crippen LogP) is 4.40. The molecule has 7 nitrogen and oxygen atoms in total. The molecule has 0 aliphatic carbocycles. The van der Waals surface area contributed by atoms with Gasteiger partial charge in [-0.05, 0) is 42.5 Å².